The number of hydrogen-bond donors (Lipinski definition) is 3. The molecule has 3 aliphatic heterocycles. The second-order valence-corrected chi connectivity index (χ2v) is 12.0. The molecule has 4 aliphatic rings. The molecule has 200 valence electrons. The van der Waals surface area contributed by atoms with Crippen LogP contribution in [0.4, 0.5) is 10.5 Å². The molecule has 1 unspecified atom stereocenters. The van der Waals surface area contributed by atoms with Gasteiger partial charge in [-0.15, -0.1) is 0 Å². The molecule has 1 aromatic rings. The van der Waals surface area contributed by atoms with Gasteiger partial charge in [0.05, 0.1) is 22.5 Å². The monoisotopic (exact) mass is 526 g/mol. The smallest absolute Gasteiger partial charge is 0.320 e. The minimum absolute atomic E-state index is 0.124. The lowest BCUT2D eigenvalue weighted by molar-refractivity contribution is -0.00524. The number of aliphatic hydroxyl groups excluding tert-OH is 1. The first-order valence-electron chi connectivity index (χ1n) is 13.9. The van der Waals surface area contributed by atoms with Crippen LogP contribution < -0.4 is 5.32 Å². The van der Waals surface area contributed by atoms with Crippen LogP contribution in [0.3, 0.4) is 0 Å². The molecule has 3 heterocycles. The van der Waals surface area contributed by atoms with Crippen molar-refractivity contribution in [3.05, 3.63) is 28.8 Å². The zero-order valence-electron chi connectivity index (χ0n) is 21.6. The number of halogens is 1. The molecular formula is C28H39ClN6O2. The number of amides is 2. The molecule has 1 aromatic carbocycles. The number of anilines is 1. The molecule has 0 aromatic heterocycles. The molecule has 2 amide bonds. The predicted octanol–water partition coefficient (Wildman–Crippen LogP) is 4.52. The van der Waals surface area contributed by atoms with E-state index in [0.29, 0.717) is 54.7 Å². The number of carbonyl (C=O) groups excluding carboxylic acids is 1. The fraction of sp³-hybridized carbons (Fsp3) is 0.679. The van der Waals surface area contributed by atoms with Crippen LogP contribution in [0, 0.1) is 28.1 Å². The van der Waals surface area contributed by atoms with E-state index in [1.165, 1.54) is 25.7 Å². The summed E-state index contributed by atoms with van der Waals surface area (Å²) in [6.45, 7) is 4.68. The maximum atomic E-state index is 12.9. The van der Waals surface area contributed by atoms with E-state index in [1.807, 2.05) is 21.9 Å². The lowest BCUT2D eigenvalue weighted by Gasteiger charge is -2.55. The van der Waals surface area contributed by atoms with Crippen molar-refractivity contribution in [3.8, 4) is 6.07 Å². The number of nitrogens with one attached hydrogen (secondary N) is 2. The number of nitriles is 1. The Morgan fingerprint density at radius 2 is 1.76 bits per heavy atom. The van der Waals surface area contributed by atoms with E-state index in [4.69, 9.17) is 17.0 Å². The Morgan fingerprint density at radius 1 is 1.11 bits per heavy atom. The summed E-state index contributed by atoms with van der Waals surface area (Å²) in [7, 11) is 0. The summed E-state index contributed by atoms with van der Waals surface area (Å²) in [5.41, 5.74) is 1.61. The van der Waals surface area contributed by atoms with E-state index >= 15 is 0 Å². The molecule has 3 N–H and O–H groups in total. The van der Waals surface area contributed by atoms with Crippen LogP contribution in [0.5, 0.6) is 0 Å². The largest absolute Gasteiger partial charge is 0.393 e. The van der Waals surface area contributed by atoms with Crippen molar-refractivity contribution < 1.29 is 9.90 Å². The number of carbonyl (C=O) groups is 1. The Kier molecular flexibility index (Phi) is 7.83. The molecule has 8 nitrogen and oxygen atoms in total. The summed E-state index contributed by atoms with van der Waals surface area (Å²) in [4.78, 5) is 19.0. The summed E-state index contributed by atoms with van der Waals surface area (Å²) in [5.74, 6) is 1.23. The summed E-state index contributed by atoms with van der Waals surface area (Å²) < 4.78 is 0. The van der Waals surface area contributed by atoms with Crippen molar-refractivity contribution in [2.45, 2.75) is 69.9 Å². The number of aliphatic hydroxyl groups is 1. The van der Waals surface area contributed by atoms with Crippen LogP contribution in [-0.2, 0) is 0 Å². The molecule has 3 saturated heterocycles. The maximum absolute atomic E-state index is 12.9. The lowest BCUT2D eigenvalue weighted by Crippen LogP contribution is -2.63. The number of hydrogen-bond acceptors (Lipinski definition) is 5. The zero-order chi connectivity index (χ0) is 26.0. The third-order valence-electron chi connectivity index (χ3n) is 9.09. The SMILES string of the molecule is N#Cc1ccc(NC(CC(=N)N2CC3(CCN(C(=O)N4CCC(O)CC4)CC3)C2)C2CCCC2)cc1Cl. The van der Waals surface area contributed by atoms with Gasteiger partial charge in [0.25, 0.3) is 0 Å². The van der Waals surface area contributed by atoms with Crippen LogP contribution in [-0.4, -0.2) is 83.1 Å². The molecule has 1 atom stereocenters. The van der Waals surface area contributed by atoms with Crippen molar-refractivity contribution in [3.63, 3.8) is 0 Å². The van der Waals surface area contributed by atoms with Gasteiger partial charge in [0.2, 0.25) is 0 Å². The predicted molar refractivity (Wildman–Crippen MR) is 145 cm³/mol. The molecule has 5 rings (SSSR count). The number of rotatable bonds is 5. The second-order valence-electron chi connectivity index (χ2n) is 11.6. The Balaban J connectivity index is 1.12. The Morgan fingerprint density at radius 3 is 2.38 bits per heavy atom. The minimum atomic E-state index is -0.268. The number of likely N-dealkylation sites (tertiary alicyclic amines) is 3. The summed E-state index contributed by atoms with van der Waals surface area (Å²) >= 11 is 6.27. The van der Waals surface area contributed by atoms with E-state index in [9.17, 15) is 15.2 Å². The van der Waals surface area contributed by atoms with Crippen molar-refractivity contribution >= 4 is 29.2 Å². The fourth-order valence-electron chi connectivity index (χ4n) is 6.64. The van der Waals surface area contributed by atoms with Crippen molar-refractivity contribution in [1.82, 2.24) is 14.7 Å². The molecule has 1 aliphatic carbocycles. The zero-order valence-corrected chi connectivity index (χ0v) is 22.3. The van der Waals surface area contributed by atoms with Gasteiger partial charge in [-0.1, -0.05) is 24.4 Å². The standard InChI is InChI=1S/C28H39ClN6O2/c29-24-15-22(6-5-21(24)17-30)32-25(20-3-1-2-4-20)16-26(31)35-18-28(19-35)9-13-34(14-10-28)27(37)33-11-7-23(36)8-12-33/h5-6,15,20,23,25,31-32,36H,1-4,7-14,16,18-19H2. The molecular weight excluding hydrogens is 488 g/mol. The third-order valence-corrected chi connectivity index (χ3v) is 9.40. The Bertz CT molecular complexity index is 1030. The Labute approximate surface area is 225 Å². The van der Waals surface area contributed by atoms with E-state index in [0.717, 1.165) is 44.7 Å². The van der Waals surface area contributed by atoms with Crippen molar-refractivity contribution in [2.75, 3.05) is 44.6 Å². The van der Waals surface area contributed by atoms with Gasteiger partial charge in [-0.3, -0.25) is 5.41 Å². The van der Waals surface area contributed by atoms with Gasteiger partial charge in [0, 0.05) is 62.8 Å². The first-order chi connectivity index (χ1) is 17.9. The number of amidine groups is 1. The van der Waals surface area contributed by atoms with Crippen LogP contribution in [0.2, 0.25) is 5.02 Å². The van der Waals surface area contributed by atoms with E-state index in [-0.39, 0.29) is 23.6 Å². The fourth-order valence-corrected chi connectivity index (χ4v) is 6.87. The molecule has 9 heteroatoms. The highest BCUT2D eigenvalue weighted by atomic mass is 35.5. The molecule has 37 heavy (non-hydrogen) atoms. The molecule has 0 bridgehead atoms. The van der Waals surface area contributed by atoms with Gasteiger partial charge in [-0.05, 0) is 62.6 Å². The number of nitrogens with zero attached hydrogens (tertiary/aromatic N) is 4. The maximum Gasteiger partial charge on any atom is 0.320 e. The number of benzene rings is 1. The average molecular weight is 527 g/mol. The normalized spacial score (nSPS) is 23.0. The van der Waals surface area contributed by atoms with Gasteiger partial charge in [-0.25, -0.2) is 4.79 Å². The highest BCUT2D eigenvalue weighted by Gasteiger charge is 2.47. The van der Waals surface area contributed by atoms with Crippen molar-refractivity contribution in [1.29, 1.82) is 10.7 Å². The topological polar surface area (TPSA) is 107 Å². The van der Waals surface area contributed by atoms with Gasteiger partial charge in [-0.2, -0.15) is 5.26 Å². The summed E-state index contributed by atoms with van der Waals surface area (Å²) in [6, 6.07) is 7.91. The van der Waals surface area contributed by atoms with E-state index in [1.54, 1.807) is 6.07 Å². The van der Waals surface area contributed by atoms with Gasteiger partial charge < -0.3 is 25.1 Å². The highest BCUT2D eigenvalue weighted by Crippen LogP contribution is 2.41. The number of piperidine rings is 2. The molecule has 0 radical (unpaired) electrons. The molecule has 4 fully saturated rings. The van der Waals surface area contributed by atoms with E-state index in [2.05, 4.69) is 16.3 Å². The molecule has 1 saturated carbocycles. The first kappa shape index (κ1) is 26.1. The first-order valence-corrected chi connectivity index (χ1v) is 14.2. The molecule has 1 spiro atoms. The van der Waals surface area contributed by atoms with E-state index < -0.39 is 0 Å². The lowest BCUT2D eigenvalue weighted by atomic mass is 9.71. The van der Waals surface area contributed by atoms with Crippen LogP contribution in [0.25, 0.3) is 0 Å². The van der Waals surface area contributed by atoms with Crippen LogP contribution >= 0.6 is 11.6 Å². The van der Waals surface area contributed by atoms with Crippen molar-refractivity contribution in [2.24, 2.45) is 11.3 Å². The summed E-state index contributed by atoms with van der Waals surface area (Å²) in [6.07, 6.45) is 8.59. The van der Waals surface area contributed by atoms with Gasteiger partial charge in [0.15, 0.2) is 0 Å². The Hall–Kier alpha value is -2.50. The van der Waals surface area contributed by atoms with Crippen LogP contribution in [0.1, 0.15) is 63.4 Å². The van der Waals surface area contributed by atoms with Gasteiger partial charge >= 0.3 is 6.03 Å². The third kappa shape index (κ3) is 5.83. The van der Waals surface area contributed by atoms with Crippen LogP contribution in [0.15, 0.2) is 18.2 Å². The summed E-state index contributed by atoms with van der Waals surface area (Å²) in [5, 5.41) is 31.9. The van der Waals surface area contributed by atoms with Gasteiger partial charge in [0.1, 0.15) is 6.07 Å². The average Bonchev–Trinajstić information content (AvgIpc) is 3.42. The minimum Gasteiger partial charge on any atom is -0.393 e. The second kappa shape index (κ2) is 11.1. The highest BCUT2D eigenvalue weighted by molar-refractivity contribution is 6.32. The number of urea groups is 1. The quantitative estimate of drug-likeness (QED) is 0.386.